The van der Waals surface area contributed by atoms with Gasteiger partial charge in [-0.05, 0) is 48.6 Å². The van der Waals surface area contributed by atoms with Gasteiger partial charge in [-0.15, -0.1) is 0 Å². The maximum Gasteiger partial charge on any atom is 0.317 e. The van der Waals surface area contributed by atoms with Crippen LogP contribution in [0, 0.1) is 0 Å². The van der Waals surface area contributed by atoms with Crippen molar-refractivity contribution >= 4 is 6.03 Å². The number of methoxy groups -OCH3 is 1. The van der Waals surface area contributed by atoms with Gasteiger partial charge >= 0.3 is 6.03 Å². The van der Waals surface area contributed by atoms with E-state index in [-0.39, 0.29) is 12.1 Å². The van der Waals surface area contributed by atoms with Gasteiger partial charge in [-0.1, -0.05) is 18.2 Å². The molecule has 2 aromatic rings. The highest BCUT2D eigenvalue weighted by molar-refractivity contribution is 5.74. The number of ether oxygens (including phenoxy) is 1. The Bertz CT molecular complexity index is 745. The second kappa shape index (κ2) is 10.1. The minimum Gasteiger partial charge on any atom is -0.496 e. The number of carbonyl (C=O) groups excluding carboxylic acids is 1. The number of likely N-dealkylation sites (N-methyl/N-ethyl adjacent to an activating group) is 1. The molecule has 28 heavy (non-hydrogen) atoms. The fourth-order valence-electron chi connectivity index (χ4n) is 3.57. The molecule has 0 unspecified atom stereocenters. The molecule has 1 aromatic heterocycles. The first-order chi connectivity index (χ1) is 13.7. The number of likely N-dealkylation sites (tertiary alicyclic amines) is 1. The number of nitrogens with one attached hydrogen (secondary N) is 1. The largest absolute Gasteiger partial charge is 0.496 e. The summed E-state index contributed by atoms with van der Waals surface area (Å²) in [5.74, 6) is 0.873. The van der Waals surface area contributed by atoms with Crippen LogP contribution in [0.25, 0.3) is 0 Å². The maximum atomic E-state index is 12.5. The molecule has 2 heterocycles. The summed E-state index contributed by atoms with van der Waals surface area (Å²) >= 11 is 0. The van der Waals surface area contributed by atoms with Gasteiger partial charge < -0.3 is 15.0 Å². The Balaban J connectivity index is 1.40. The van der Waals surface area contributed by atoms with Crippen LogP contribution in [0.1, 0.15) is 24.0 Å². The van der Waals surface area contributed by atoms with Crippen LogP contribution < -0.4 is 10.1 Å². The van der Waals surface area contributed by atoms with Gasteiger partial charge in [-0.2, -0.15) is 0 Å². The third-order valence-corrected chi connectivity index (χ3v) is 5.33. The molecule has 150 valence electrons. The Kier molecular flexibility index (Phi) is 7.25. The molecule has 1 aliphatic heterocycles. The van der Waals surface area contributed by atoms with Crippen molar-refractivity contribution in [3.63, 3.8) is 0 Å². The fraction of sp³-hybridized carbons (Fsp3) is 0.455. The van der Waals surface area contributed by atoms with E-state index in [0.29, 0.717) is 6.54 Å². The van der Waals surface area contributed by atoms with E-state index in [0.717, 1.165) is 50.2 Å². The highest BCUT2D eigenvalue weighted by Gasteiger charge is 2.22. The lowest BCUT2D eigenvalue weighted by Crippen LogP contribution is -2.48. The average Bonchev–Trinajstić information content (AvgIpc) is 2.74. The number of benzene rings is 1. The minimum atomic E-state index is 0.00230. The topological polar surface area (TPSA) is 57.7 Å². The predicted octanol–water partition coefficient (Wildman–Crippen LogP) is 2.94. The quantitative estimate of drug-likeness (QED) is 0.800. The first kappa shape index (κ1) is 20.1. The van der Waals surface area contributed by atoms with E-state index in [1.54, 1.807) is 12.0 Å². The van der Waals surface area contributed by atoms with Gasteiger partial charge in [0.05, 0.1) is 7.11 Å². The molecule has 6 nitrogen and oxygen atoms in total. The summed E-state index contributed by atoms with van der Waals surface area (Å²) in [6.45, 7) is 3.60. The molecule has 0 atom stereocenters. The number of aromatic nitrogens is 1. The molecule has 0 bridgehead atoms. The second-order valence-corrected chi connectivity index (χ2v) is 7.34. The van der Waals surface area contributed by atoms with Gasteiger partial charge in [-0.3, -0.25) is 9.88 Å². The number of piperidine rings is 1. The molecule has 0 aliphatic carbocycles. The number of para-hydroxylation sites is 1. The molecule has 6 heteroatoms. The molecule has 1 fully saturated rings. The average molecular weight is 383 g/mol. The van der Waals surface area contributed by atoms with E-state index in [2.05, 4.69) is 27.3 Å². The van der Waals surface area contributed by atoms with Crippen molar-refractivity contribution in [1.82, 2.24) is 20.1 Å². The van der Waals surface area contributed by atoms with Crippen molar-refractivity contribution in [1.29, 1.82) is 0 Å². The van der Waals surface area contributed by atoms with Gasteiger partial charge in [0.1, 0.15) is 5.75 Å². The van der Waals surface area contributed by atoms with Gasteiger partial charge in [0, 0.05) is 51.7 Å². The van der Waals surface area contributed by atoms with Gasteiger partial charge in [0.25, 0.3) is 0 Å². The normalized spacial score (nSPS) is 15.2. The molecule has 1 saturated heterocycles. The number of nitrogens with zero attached hydrogens (tertiary/aromatic N) is 3. The summed E-state index contributed by atoms with van der Waals surface area (Å²) in [6.07, 6.45) is 6.42. The molecule has 1 N–H and O–H groups in total. The lowest BCUT2D eigenvalue weighted by atomic mass is 10.0. The van der Waals surface area contributed by atoms with Crippen molar-refractivity contribution in [3.8, 4) is 5.75 Å². The van der Waals surface area contributed by atoms with E-state index < -0.39 is 0 Å². The van der Waals surface area contributed by atoms with Crippen molar-refractivity contribution in [2.45, 2.75) is 31.8 Å². The Morgan fingerprint density at radius 3 is 2.64 bits per heavy atom. The smallest absolute Gasteiger partial charge is 0.317 e. The second-order valence-electron chi connectivity index (χ2n) is 7.34. The van der Waals surface area contributed by atoms with Crippen molar-refractivity contribution in [2.75, 3.05) is 33.8 Å². The summed E-state index contributed by atoms with van der Waals surface area (Å²) in [7, 11) is 3.53. The SMILES string of the molecule is COc1ccccc1CCN(C)C(=O)NC1CCN(Cc2ccncc2)CC1. The van der Waals surface area contributed by atoms with E-state index in [1.807, 2.05) is 43.7 Å². The van der Waals surface area contributed by atoms with E-state index in [1.165, 1.54) is 5.56 Å². The zero-order valence-corrected chi connectivity index (χ0v) is 16.8. The Morgan fingerprint density at radius 1 is 1.21 bits per heavy atom. The summed E-state index contributed by atoms with van der Waals surface area (Å²) < 4.78 is 5.39. The molecule has 0 spiro atoms. The van der Waals surface area contributed by atoms with Crippen LogP contribution in [-0.4, -0.2) is 60.6 Å². The molecule has 0 radical (unpaired) electrons. The number of hydrogen-bond donors (Lipinski definition) is 1. The molecule has 1 aromatic carbocycles. The standard InChI is InChI=1S/C22H30N4O2/c1-25(14-9-19-5-3-4-6-21(19)28-2)22(27)24-20-10-15-26(16-11-20)17-18-7-12-23-13-8-18/h3-8,12-13,20H,9-11,14-17H2,1-2H3,(H,24,27). The van der Waals surface area contributed by atoms with Crippen LogP contribution in [0.4, 0.5) is 4.79 Å². The van der Waals surface area contributed by atoms with Crippen molar-refractivity contribution < 1.29 is 9.53 Å². The van der Waals surface area contributed by atoms with Crippen LogP contribution in [-0.2, 0) is 13.0 Å². The van der Waals surface area contributed by atoms with Gasteiger partial charge in [-0.25, -0.2) is 4.79 Å². The number of amides is 2. The summed E-state index contributed by atoms with van der Waals surface area (Å²) in [4.78, 5) is 20.8. The monoisotopic (exact) mass is 382 g/mol. The van der Waals surface area contributed by atoms with Crippen molar-refractivity contribution in [3.05, 3.63) is 59.9 Å². The third-order valence-electron chi connectivity index (χ3n) is 5.33. The molecular formula is C22H30N4O2. The lowest BCUT2D eigenvalue weighted by Gasteiger charge is -2.33. The fourth-order valence-corrected chi connectivity index (χ4v) is 3.57. The minimum absolute atomic E-state index is 0.00230. The number of carbonyl (C=O) groups is 1. The third kappa shape index (κ3) is 5.70. The van der Waals surface area contributed by atoms with Gasteiger partial charge in [0.2, 0.25) is 0 Å². The molecule has 0 saturated carbocycles. The Labute approximate surface area is 167 Å². The van der Waals surface area contributed by atoms with E-state index in [4.69, 9.17) is 4.74 Å². The first-order valence-electron chi connectivity index (χ1n) is 9.90. The van der Waals surface area contributed by atoms with E-state index >= 15 is 0 Å². The lowest BCUT2D eigenvalue weighted by molar-refractivity contribution is 0.174. The number of pyridine rings is 1. The van der Waals surface area contributed by atoms with Crippen LogP contribution in [0.15, 0.2) is 48.8 Å². The molecule has 2 amide bonds. The number of urea groups is 1. The van der Waals surface area contributed by atoms with Crippen LogP contribution in [0.2, 0.25) is 0 Å². The zero-order chi connectivity index (χ0) is 19.8. The van der Waals surface area contributed by atoms with Crippen LogP contribution >= 0.6 is 0 Å². The first-order valence-corrected chi connectivity index (χ1v) is 9.90. The number of rotatable bonds is 7. The highest BCUT2D eigenvalue weighted by atomic mass is 16.5. The Morgan fingerprint density at radius 2 is 1.93 bits per heavy atom. The molecule has 1 aliphatic rings. The molecule has 3 rings (SSSR count). The summed E-state index contributed by atoms with van der Waals surface area (Å²) in [6, 6.07) is 12.3. The zero-order valence-electron chi connectivity index (χ0n) is 16.8. The summed E-state index contributed by atoms with van der Waals surface area (Å²) in [5, 5.41) is 3.19. The highest BCUT2D eigenvalue weighted by Crippen LogP contribution is 2.18. The molecular weight excluding hydrogens is 352 g/mol. The maximum absolute atomic E-state index is 12.5. The van der Waals surface area contributed by atoms with Crippen LogP contribution in [0.5, 0.6) is 5.75 Å². The Hall–Kier alpha value is -2.60. The summed E-state index contributed by atoms with van der Waals surface area (Å²) in [5.41, 5.74) is 2.41. The predicted molar refractivity (Wildman–Crippen MR) is 110 cm³/mol. The number of hydrogen-bond acceptors (Lipinski definition) is 4. The van der Waals surface area contributed by atoms with E-state index in [9.17, 15) is 4.79 Å². The van der Waals surface area contributed by atoms with Crippen LogP contribution in [0.3, 0.4) is 0 Å². The van der Waals surface area contributed by atoms with Crippen molar-refractivity contribution in [2.24, 2.45) is 0 Å². The van der Waals surface area contributed by atoms with Gasteiger partial charge in [0.15, 0.2) is 0 Å².